The monoisotopic (exact) mass is 306 g/mol. The normalized spacial score (nSPS) is 12.8. The molecule has 0 amide bonds. The Bertz CT molecular complexity index is 451. The molecule has 1 aromatic rings. The van der Waals surface area contributed by atoms with Gasteiger partial charge in [0.25, 0.3) is 0 Å². The Balaban J connectivity index is 2.60. The fourth-order valence-electron chi connectivity index (χ4n) is 1.69. The van der Waals surface area contributed by atoms with Gasteiger partial charge in [0, 0.05) is 19.7 Å². The average Bonchev–Trinajstić information content (AvgIpc) is 2.36. The molecule has 0 spiro atoms. The lowest BCUT2D eigenvalue weighted by Crippen LogP contribution is -2.42. The van der Waals surface area contributed by atoms with Crippen LogP contribution in [-0.4, -0.2) is 24.9 Å². The van der Waals surface area contributed by atoms with Crippen molar-refractivity contribution in [1.29, 1.82) is 0 Å². The quantitative estimate of drug-likeness (QED) is 0.820. The molecule has 0 aromatic heterocycles. The Kier molecular flexibility index (Phi) is 6.22. The van der Waals surface area contributed by atoms with E-state index in [9.17, 15) is 13.2 Å². The van der Waals surface area contributed by atoms with Crippen LogP contribution in [0.15, 0.2) is 24.3 Å². The molecule has 0 aliphatic rings. The van der Waals surface area contributed by atoms with Crippen LogP contribution in [0, 0.1) is 0 Å². The number of nitrogens with one attached hydrogen (secondary N) is 2. The lowest BCUT2D eigenvalue weighted by Gasteiger charge is -2.17. The summed E-state index contributed by atoms with van der Waals surface area (Å²) in [5.41, 5.74) is -0.496. The summed E-state index contributed by atoms with van der Waals surface area (Å²) in [5.74, 6) is 0. The molecule has 7 heteroatoms. The zero-order chi connectivity index (χ0) is 15.2. The molecule has 0 aliphatic carbocycles. The van der Waals surface area contributed by atoms with Crippen LogP contribution in [0.1, 0.15) is 18.1 Å². The molecule has 2 N–H and O–H groups in total. The zero-order valence-corrected chi connectivity index (χ0v) is 12.1. The van der Waals surface area contributed by atoms with Gasteiger partial charge in [-0.3, -0.25) is 0 Å². The predicted octanol–water partition coefficient (Wildman–Crippen LogP) is 2.70. The number of hydrogen-bond donors (Lipinski definition) is 2. The first-order valence-corrected chi connectivity index (χ1v) is 6.43. The molecule has 0 bridgehead atoms. The van der Waals surface area contributed by atoms with E-state index in [1.165, 1.54) is 12.1 Å². The van der Waals surface area contributed by atoms with Crippen LogP contribution < -0.4 is 10.6 Å². The predicted molar refractivity (Wildman–Crippen MR) is 75.4 cm³/mol. The number of benzene rings is 1. The van der Waals surface area contributed by atoms with Gasteiger partial charge in [-0.2, -0.15) is 13.2 Å². The Morgan fingerprint density at radius 1 is 1.35 bits per heavy atom. The highest BCUT2D eigenvalue weighted by Crippen LogP contribution is 2.31. The van der Waals surface area contributed by atoms with E-state index in [1.807, 2.05) is 6.92 Å². The highest BCUT2D eigenvalue weighted by Gasteiger charge is 2.32. The maximum absolute atomic E-state index is 12.8. The van der Waals surface area contributed by atoms with Crippen LogP contribution in [0.25, 0.3) is 0 Å². The summed E-state index contributed by atoms with van der Waals surface area (Å²) in [6.07, 6.45) is -4.36. The number of halogens is 3. The van der Waals surface area contributed by atoms with E-state index in [0.29, 0.717) is 11.7 Å². The van der Waals surface area contributed by atoms with Gasteiger partial charge in [-0.25, -0.2) is 0 Å². The van der Waals surface area contributed by atoms with Gasteiger partial charge in [-0.1, -0.05) is 18.2 Å². The number of thiocarbonyl (C=S) groups is 1. The maximum atomic E-state index is 12.8. The van der Waals surface area contributed by atoms with Crippen LogP contribution in [0.2, 0.25) is 0 Å². The first-order valence-electron chi connectivity index (χ1n) is 6.03. The average molecular weight is 306 g/mol. The van der Waals surface area contributed by atoms with Crippen LogP contribution in [0.5, 0.6) is 0 Å². The van der Waals surface area contributed by atoms with Crippen LogP contribution in [-0.2, 0) is 17.5 Å². The molecule has 0 saturated heterocycles. The Hall–Kier alpha value is -1.34. The molecular weight excluding hydrogens is 289 g/mol. The van der Waals surface area contributed by atoms with Gasteiger partial charge in [-0.15, -0.1) is 0 Å². The summed E-state index contributed by atoms with van der Waals surface area (Å²) >= 11 is 5.02. The van der Waals surface area contributed by atoms with Gasteiger partial charge in [0.1, 0.15) is 0 Å². The number of ether oxygens (including phenoxy) is 1. The van der Waals surface area contributed by atoms with Crippen molar-refractivity contribution in [3.63, 3.8) is 0 Å². The summed E-state index contributed by atoms with van der Waals surface area (Å²) in [4.78, 5) is 0. The van der Waals surface area contributed by atoms with Crippen molar-refractivity contribution in [3.05, 3.63) is 35.4 Å². The maximum Gasteiger partial charge on any atom is 0.416 e. The van der Waals surface area contributed by atoms with Crippen molar-refractivity contribution < 1.29 is 17.9 Å². The molecule has 1 aromatic carbocycles. The van der Waals surface area contributed by atoms with Gasteiger partial charge in [-0.05, 0) is 30.8 Å². The van der Waals surface area contributed by atoms with Gasteiger partial charge in [0.15, 0.2) is 5.11 Å². The largest absolute Gasteiger partial charge is 0.416 e. The molecule has 1 rings (SSSR count). The molecule has 0 aliphatic heterocycles. The summed E-state index contributed by atoms with van der Waals surface area (Å²) < 4.78 is 43.3. The molecule has 0 fully saturated rings. The molecule has 3 nitrogen and oxygen atoms in total. The van der Waals surface area contributed by atoms with Crippen molar-refractivity contribution in [3.8, 4) is 0 Å². The van der Waals surface area contributed by atoms with E-state index in [-0.39, 0.29) is 18.2 Å². The minimum Gasteiger partial charge on any atom is -0.383 e. The number of methoxy groups -OCH3 is 1. The highest BCUT2D eigenvalue weighted by molar-refractivity contribution is 7.80. The molecule has 1 atom stereocenters. The molecule has 20 heavy (non-hydrogen) atoms. The molecule has 1 unspecified atom stereocenters. The molecule has 112 valence electrons. The Morgan fingerprint density at radius 3 is 2.60 bits per heavy atom. The van der Waals surface area contributed by atoms with Gasteiger partial charge in [0.2, 0.25) is 0 Å². The summed E-state index contributed by atoms with van der Waals surface area (Å²) in [7, 11) is 1.56. The number of rotatable bonds is 5. The van der Waals surface area contributed by atoms with Crippen molar-refractivity contribution in [2.45, 2.75) is 25.7 Å². The fraction of sp³-hybridized carbons (Fsp3) is 0.462. The smallest absolute Gasteiger partial charge is 0.383 e. The van der Waals surface area contributed by atoms with Gasteiger partial charge >= 0.3 is 6.18 Å². The third kappa shape index (κ3) is 5.34. The van der Waals surface area contributed by atoms with Crippen LogP contribution in [0.3, 0.4) is 0 Å². The Labute approximate surface area is 121 Å². The van der Waals surface area contributed by atoms with Gasteiger partial charge in [0.05, 0.1) is 12.2 Å². The second-order valence-electron chi connectivity index (χ2n) is 4.34. The standard InChI is InChI=1S/C13H17F3N2OS/c1-9(8-19-2)18-12(20)17-7-10-5-3-4-6-11(10)13(14,15)16/h3-6,9H,7-8H2,1-2H3,(H2,17,18,20). The van der Waals surface area contributed by atoms with E-state index in [2.05, 4.69) is 10.6 Å². The number of hydrogen-bond acceptors (Lipinski definition) is 2. The highest BCUT2D eigenvalue weighted by atomic mass is 32.1. The third-order valence-electron chi connectivity index (χ3n) is 2.56. The lowest BCUT2D eigenvalue weighted by molar-refractivity contribution is -0.138. The van der Waals surface area contributed by atoms with Crippen molar-refractivity contribution >= 4 is 17.3 Å². The summed E-state index contributed by atoms with van der Waals surface area (Å²) in [5, 5.41) is 5.99. The number of alkyl halides is 3. The van der Waals surface area contributed by atoms with E-state index in [4.69, 9.17) is 17.0 Å². The summed E-state index contributed by atoms with van der Waals surface area (Å²) in [6, 6.07) is 5.40. The van der Waals surface area contributed by atoms with Gasteiger partial charge < -0.3 is 15.4 Å². The molecule has 0 radical (unpaired) electrons. The minimum atomic E-state index is -4.36. The van der Waals surface area contributed by atoms with E-state index in [1.54, 1.807) is 13.2 Å². The zero-order valence-electron chi connectivity index (χ0n) is 11.3. The third-order valence-corrected chi connectivity index (χ3v) is 2.82. The Morgan fingerprint density at radius 2 is 2.00 bits per heavy atom. The summed E-state index contributed by atoms with van der Waals surface area (Å²) in [6.45, 7) is 2.34. The van der Waals surface area contributed by atoms with Crippen molar-refractivity contribution in [1.82, 2.24) is 10.6 Å². The van der Waals surface area contributed by atoms with Crippen molar-refractivity contribution in [2.75, 3.05) is 13.7 Å². The molecular formula is C13H17F3N2OS. The first kappa shape index (κ1) is 16.7. The SMILES string of the molecule is COCC(C)NC(=S)NCc1ccccc1C(F)(F)F. The minimum absolute atomic E-state index is 0.0151. The van der Waals surface area contributed by atoms with E-state index >= 15 is 0 Å². The van der Waals surface area contributed by atoms with Crippen LogP contribution in [0.4, 0.5) is 13.2 Å². The fourth-order valence-corrected chi connectivity index (χ4v) is 1.97. The molecule has 0 saturated carbocycles. The second kappa shape index (κ2) is 7.44. The lowest BCUT2D eigenvalue weighted by atomic mass is 10.1. The molecule has 0 heterocycles. The van der Waals surface area contributed by atoms with Crippen molar-refractivity contribution in [2.24, 2.45) is 0 Å². The first-order chi connectivity index (χ1) is 9.34. The van der Waals surface area contributed by atoms with Crippen LogP contribution >= 0.6 is 12.2 Å². The van der Waals surface area contributed by atoms with E-state index < -0.39 is 11.7 Å². The topological polar surface area (TPSA) is 33.3 Å². The van der Waals surface area contributed by atoms with E-state index in [0.717, 1.165) is 6.07 Å². The second-order valence-corrected chi connectivity index (χ2v) is 4.75.